The first kappa shape index (κ1) is 20.8. The van der Waals surface area contributed by atoms with Gasteiger partial charge in [-0.05, 0) is 51.5 Å². The van der Waals surface area contributed by atoms with Gasteiger partial charge in [-0.3, -0.25) is 9.36 Å². The molecular weight excluding hydrogens is 418 g/mol. The van der Waals surface area contributed by atoms with Crippen molar-refractivity contribution in [2.45, 2.75) is 63.6 Å². The predicted molar refractivity (Wildman–Crippen MR) is 118 cm³/mol. The van der Waals surface area contributed by atoms with Crippen LogP contribution in [0.3, 0.4) is 0 Å². The number of rotatable bonds is 4. The molecule has 2 atom stereocenters. The van der Waals surface area contributed by atoms with Crippen LogP contribution in [0.1, 0.15) is 50.1 Å². The fourth-order valence-electron chi connectivity index (χ4n) is 5.44. The molecule has 0 amide bonds. The number of aromatic nitrogens is 3. The highest BCUT2D eigenvalue weighted by Crippen LogP contribution is 2.63. The van der Waals surface area contributed by atoms with Crippen LogP contribution in [-0.4, -0.2) is 63.9 Å². The zero-order valence-corrected chi connectivity index (χ0v) is 18.7. The van der Waals surface area contributed by atoms with E-state index in [9.17, 15) is 18.3 Å². The third kappa shape index (κ3) is 3.54. The smallest absolute Gasteiger partial charge is 0.255 e. The normalized spacial score (nSPS) is 26.5. The van der Waals surface area contributed by atoms with Gasteiger partial charge in [-0.15, -0.1) is 0 Å². The molecule has 2 aromatic heterocycles. The van der Waals surface area contributed by atoms with Crippen LogP contribution in [0.5, 0.6) is 0 Å². The lowest BCUT2D eigenvalue weighted by molar-refractivity contribution is 0.103. The zero-order chi connectivity index (χ0) is 22.0. The van der Waals surface area contributed by atoms with Gasteiger partial charge in [0.25, 0.3) is 5.56 Å². The molecule has 2 aliphatic carbocycles. The summed E-state index contributed by atoms with van der Waals surface area (Å²) in [6.45, 7) is 2.75. The largest absolute Gasteiger partial charge is 0.392 e. The third-order valence-electron chi connectivity index (χ3n) is 7.39. The first-order valence-corrected chi connectivity index (χ1v) is 12.8. The SMILES string of the molecule is Cc1cc2cnc(NC3CCN(S(C)(=O)=O)CC3)nc2n([C@@H]2CCC(O)C23CC3)c1=O. The Hall–Kier alpha value is -2.04. The molecule has 2 N–H and O–H groups in total. The maximum absolute atomic E-state index is 13.2. The van der Waals surface area contributed by atoms with Crippen LogP contribution in [0.25, 0.3) is 11.0 Å². The Morgan fingerprint density at radius 1 is 1.19 bits per heavy atom. The van der Waals surface area contributed by atoms with Gasteiger partial charge in [-0.1, -0.05) is 0 Å². The number of hydrogen-bond donors (Lipinski definition) is 2. The van der Waals surface area contributed by atoms with E-state index in [1.165, 1.54) is 10.6 Å². The van der Waals surface area contributed by atoms with Gasteiger partial charge in [-0.2, -0.15) is 4.98 Å². The number of pyridine rings is 1. The van der Waals surface area contributed by atoms with Gasteiger partial charge >= 0.3 is 0 Å². The number of aliphatic hydroxyl groups is 1. The summed E-state index contributed by atoms with van der Waals surface area (Å²) in [4.78, 5) is 22.3. The fraction of sp³-hybridized carbons (Fsp3) is 0.667. The summed E-state index contributed by atoms with van der Waals surface area (Å²) in [7, 11) is -3.17. The monoisotopic (exact) mass is 447 g/mol. The Morgan fingerprint density at radius 2 is 1.90 bits per heavy atom. The third-order valence-corrected chi connectivity index (χ3v) is 8.69. The van der Waals surface area contributed by atoms with Crippen molar-refractivity contribution in [2.75, 3.05) is 24.7 Å². The van der Waals surface area contributed by atoms with Crippen LogP contribution in [0.2, 0.25) is 0 Å². The minimum atomic E-state index is -3.17. The highest BCUT2D eigenvalue weighted by Gasteiger charge is 2.59. The molecular formula is C21H29N5O4S. The molecule has 10 heteroatoms. The molecule has 3 heterocycles. The summed E-state index contributed by atoms with van der Waals surface area (Å²) in [5.74, 6) is 0.450. The molecule has 31 heavy (non-hydrogen) atoms. The highest BCUT2D eigenvalue weighted by molar-refractivity contribution is 7.88. The van der Waals surface area contributed by atoms with Crippen molar-refractivity contribution in [3.8, 4) is 0 Å². The molecule has 0 radical (unpaired) electrons. The molecule has 0 bridgehead atoms. The summed E-state index contributed by atoms with van der Waals surface area (Å²) >= 11 is 0. The molecule has 1 aliphatic heterocycles. The lowest BCUT2D eigenvalue weighted by Crippen LogP contribution is -2.42. The fourth-order valence-corrected chi connectivity index (χ4v) is 6.31. The van der Waals surface area contributed by atoms with E-state index in [2.05, 4.69) is 10.3 Å². The van der Waals surface area contributed by atoms with E-state index in [1.807, 2.05) is 13.0 Å². The molecule has 1 saturated heterocycles. The van der Waals surface area contributed by atoms with Gasteiger partial charge in [-0.25, -0.2) is 17.7 Å². The number of aryl methyl sites for hydroxylation is 1. The van der Waals surface area contributed by atoms with E-state index in [0.717, 1.165) is 24.6 Å². The van der Waals surface area contributed by atoms with E-state index < -0.39 is 10.0 Å². The summed E-state index contributed by atoms with van der Waals surface area (Å²) in [5, 5.41) is 14.7. The topological polar surface area (TPSA) is 117 Å². The van der Waals surface area contributed by atoms with Gasteiger partial charge in [0.1, 0.15) is 5.65 Å². The molecule has 1 spiro atoms. The molecule has 3 aliphatic rings. The standard InChI is InChI=1S/C21H29N5O4S/c1-13-11-14-12-22-20(23-15-5-9-25(10-6-15)31(2,29)30)24-18(14)26(19(13)28)16-3-4-17(27)21(16)7-8-21/h11-12,15-17,27H,3-10H2,1-2H3,(H,22,23,24)/t16-,17?/m1/s1. The molecule has 0 aromatic carbocycles. The lowest BCUT2D eigenvalue weighted by atomic mass is 9.97. The summed E-state index contributed by atoms with van der Waals surface area (Å²) < 4.78 is 26.8. The van der Waals surface area contributed by atoms with Gasteiger partial charge in [0, 0.05) is 47.7 Å². The Labute approximate surface area is 181 Å². The first-order chi connectivity index (χ1) is 14.7. The number of piperidine rings is 1. The predicted octanol–water partition coefficient (Wildman–Crippen LogP) is 1.41. The quantitative estimate of drug-likeness (QED) is 0.728. The van der Waals surface area contributed by atoms with Crippen LogP contribution in [-0.2, 0) is 10.0 Å². The van der Waals surface area contributed by atoms with Crippen LogP contribution in [0.4, 0.5) is 5.95 Å². The van der Waals surface area contributed by atoms with Crippen molar-refractivity contribution >= 4 is 27.0 Å². The summed E-state index contributed by atoms with van der Waals surface area (Å²) in [6.07, 6.45) is 7.33. The molecule has 1 unspecified atom stereocenters. The maximum atomic E-state index is 13.2. The minimum absolute atomic E-state index is 0.0434. The number of anilines is 1. The van der Waals surface area contributed by atoms with Crippen LogP contribution in [0.15, 0.2) is 17.1 Å². The maximum Gasteiger partial charge on any atom is 0.255 e. The Bertz CT molecular complexity index is 1180. The highest BCUT2D eigenvalue weighted by atomic mass is 32.2. The van der Waals surface area contributed by atoms with Gasteiger partial charge in [0.2, 0.25) is 16.0 Å². The van der Waals surface area contributed by atoms with Crippen LogP contribution < -0.4 is 10.9 Å². The average Bonchev–Trinajstić information content (AvgIpc) is 3.46. The zero-order valence-electron chi connectivity index (χ0n) is 17.9. The molecule has 168 valence electrons. The summed E-state index contributed by atoms with van der Waals surface area (Å²) in [6, 6.07) is 1.86. The number of fused-ring (bicyclic) bond motifs is 1. The number of sulfonamides is 1. The van der Waals surface area contributed by atoms with Crippen molar-refractivity contribution in [1.29, 1.82) is 0 Å². The van der Waals surface area contributed by atoms with Crippen molar-refractivity contribution in [3.05, 3.63) is 28.2 Å². The van der Waals surface area contributed by atoms with E-state index in [1.54, 1.807) is 10.8 Å². The van der Waals surface area contributed by atoms with Crippen LogP contribution in [0, 0.1) is 12.3 Å². The van der Waals surface area contributed by atoms with Gasteiger partial charge in [0.05, 0.1) is 12.4 Å². The van der Waals surface area contributed by atoms with Gasteiger partial charge in [0.15, 0.2) is 0 Å². The van der Waals surface area contributed by atoms with Crippen molar-refractivity contribution in [2.24, 2.45) is 5.41 Å². The van der Waals surface area contributed by atoms with Crippen molar-refractivity contribution < 1.29 is 13.5 Å². The second kappa shape index (κ2) is 7.25. The number of aliphatic hydroxyl groups excluding tert-OH is 1. The van der Waals surface area contributed by atoms with Crippen molar-refractivity contribution in [1.82, 2.24) is 18.8 Å². The van der Waals surface area contributed by atoms with E-state index in [-0.39, 0.29) is 29.2 Å². The number of nitrogens with one attached hydrogen (secondary N) is 1. The Morgan fingerprint density at radius 3 is 2.55 bits per heavy atom. The Balaban J connectivity index is 1.46. The molecule has 2 saturated carbocycles. The molecule has 3 fully saturated rings. The van der Waals surface area contributed by atoms with E-state index in [4.69, 9.17) is 4.98 Å². The van der Waals surface area contributed by atoms with E-state index in [0.29, 0.717) is 49.5 Å². The molecule has 9 nitrogen and oxygen atoms in total. The molecule has 5 rings (SSSR count). The average molecular weight is 448 g/mol. The van der Waals surface area contributed by atoms with Gasteiger partial charge < -0.3 is 10.4 Å². The van der Waals surface area contributed by atoms with Crippen LogP contribution >= 0.6 is 0 Å². The second-order valence-electron chi connectivity index (χ2n) is 9.40. The van der Waals surface area contributed by atoms with Crippen molar-refractivity contribution in [3.63, 3.8) is 0 Å². The number of nitrogens with zero attached hydrogens (tertiary/aromatic N) is 4. The van der Waals surface area contributed by atoms with E-state index >= 15 is 0 Å². The Kier molecular flexibility index (Phi) is 4.87. The molecule has 2 aromatic rings. The minimum Gasteiger partial charge on any atom is -0.392 e. The number of hydrogen-bond acceptors (Lipinski definition) is 7. The first-order valence-electron chi connectivity index (χ1n) is 11.0. The summed E-state index contributed by atoms with van der Waals surface area (Å²) in [5.41, 5.74) is 1.01. The second-order valence-corrected chi connectivity index (χ2v) is 11.4. The lowest BCUT2D eigenvalue weighted by Gasteiger charge is -2.30.